The van der Waals surface area contributed by atoms with Gasteiger partial charge in [0.15, 0.2) is 0 Å². The molecule has 0 bridgehead atoms. The molecule has 2 N–H and O–H groups in total. The summed E-state index contributed by atoms with van der Waals surface area (Å²) in [5.41, 5.74) is 2.27. The Balaban J connectivity index is 1.37. The predicted octanol–water partition coefficient (Wildman–Crippen LogP) is 4.50. The number of pyridine rings is 1. The third-order valence-corrected chi connectivity index (χ3v) is 4.50. The molecule has 4 rings (SSSR count). The van der Waals surface area contributed by atoms with Crippen LogP contribution >= 0.6 is 0 Å². The molecule has 2 amide bonds. The van der Waals surface area contributed by atoms with Gasteiger partial charge < -0.3 is 15.4 Å². The number of rotatable bonds is 5. The molecule has 4 aromatic rings. The Labute approximate surface area is 181 Å². The number of carbonyl (C=O) groups excluding carboxylic acids is 1. The minimum absolute atomic E-state index is 0.00561. The summed E-state index contributed by atoms with van der Waals surface area (Å²) in [6, 6.07) is 13.6. The summed E-state index contributed by atoms with van der Waals surface area (Å²) in [7, 11) is 0. The monoisotopic (exact) mass is 436 g/mol. The Morgan fingerprint density at radius 2 is 1.66 bits per heavy atom. The van der Waals surface area contributed by atoms with Gasteiger partial charge in [-0.05, 0) is 61.0 Å². The first-order valence-corrected chi connectivity index (χ1v) is 9.62. The van der Waals surface area contributed by atoms with E-state index in [2.05, 4.69) is 15.6 Å². The van der Waals surface area contributed by atoms with Crippen molar-refractivity contribution in [3.05, 3.63) is 100 Å². The van der Waals surface area contributed by atoms with Crippen molar-refractivity contribution >= 4 is 23.1 Å². The molecular weight excluding hydrogens is 418 g/mol. The lowest BCUT2D eigenvalue weighted by Crippen LogP contribution is -2.19. The van der Waals surface area contributed by atoms with Gasteiger partial charge in [-0.2, -0.15) is 0 Å². The van der Waals surface area contributed by atoms with Crippen LogP contribution in [0.2, 0.25) is 0 Å². The van der Waals surface area contributed by atoms with Gasteiger partial charge in [-0.25, -0.2) is 18.6 Å². The average Bonchev–Trinajstić information content (AvgIpc) is 2.72. The molecule has 9 heteroatoms. The van der Waals surface area contributed by atoms with E-state index < -0.39 is 17.7 Å². The number of urea groups is 1. The molecule has 0 atom stereocenters. The Hall–Kier alpha value is -4.27. The SMILES string of the molecule is Cc1ccn2c(=O)cc(COc3ccc(NC(=O)Nc4cc(F)cc(F)c4)cc3)nc2c1. The first-order valence-electron chi connectivity index (χ1n) is 9.62. The van der Waals surface area contributed by atoms with E-state index in [1.54, 1.807) is 30.5 Å². The Morgan fingerprint density at radius 3 is 2.38 bits per heavy atom. The van der Waals surface area contributed by atoms with E-state index >= 15 is 0 Å². The number of aryl methyl sites for hydroxylation is 1. The highest BCUT2D eigenvalue weighted by molar-refractivity contribution is 5.99. The van der Waals surface area contributed by atoms with Crippen LogP contribution in [-0.2, 0) is 6.61 Å². The topological polar surface area (TPSA) is 84.7 Å². The maximum Gasteiger partial charge on any atom is 0.323 e. The number of aromatic nitrogens is 2. The molecule has 0 unspecified atom stereocenters. The number of carbonyl (C=O) groups is 1. The van der Waals surface area contributed by atoms with Gasteiger partial charge in [-0.1, -0.05) is 0 Å². The van der Waals surface area contributed by atoms with Gasteiger partial charge >= 0.3 is 6.03 Å². The van der Waals surface area contributed by atoms with Crippen molar-refractivity contribution in [2.75, 3.05) is 10.6 Å². The van der Waals surface area contributed by atoms with Crippen molar-refractivity contribution in [3.63, 3.8) is 0 Å². The van der Waals surface area contributed by atoms with Crippen molar-refractivity contribution in [2.24, 2.45) is 0 Å². The summed E-state index contributed by atoms with van der Waals surface area (Å²) in [6.07, 6.45) is 1.68. The fourth-order valence-corrected chi connectivity index (χ4v) is 3.04. The molecule has 2 aromatic heterocycles. The molecule has 7 nitrogen and oxygen atoms in total. The molecule has 0 saturated carbocycles. The minimum atomic E-state index is -0.791. The lowest BCUT2D eigenvalue weighted by molar-refractivity contribution is 0.262. The molecule has 0 aliphatic heterocycles. The van der Waals surface area contributed by atoms with E-state index in [0.29, 0.717) is 28.8 Å². The van der Waals surface area contributed by atoms with Gasteiger partial charge in [0.25, 0.3) is 5.56 Å². The van der Waals surface area contributed by atoms with Crippen molar-refractivity contribution in [1.82, 2.24) is 9.38 Å². The number of benzene rings is 2. The molecule has 0 saturated heterocycles. The average molecular weight is 436 g/mol. The van der Waals surface area contributed by atoms with E-state index in [0.717, 1.165) is 17.7 Å². The molecule has 0 radical (unpaired) electrons. The number of anilines is 2. The van der Waals surface area contributed by atoms with Crippen molar-refractivity contribution < 1.29 is 18.3 Å². The number of fused-ring (bicyclic) bond motifs is 1. The van der Waals surface area contributed by atoms with Gasteiger partial charge in [-0.15, -0.1) is 0 Å². The molecule has 0 spiro atoms. The Morgan fingerprint density at radius 1 is 0.969 bits per heavy atom. The van der Waals surface area contributed by atoms with Crippen molar-refractivity contribution in [1.29, 1.82) is 0 Å². The fraction of sp³-hybridized carbons (Fsp3) is 0.0870. The van der Waals surface area contributed by atoms with E-state index in [-0.39, 0.29) is 17.9 Å². The number of hydrogen-bond donors (Lipinski definition) is 2. The number of hydrogen-bond acceptors (Lipinski definition) is 4. The van der Waals surface area contributed by atoms with Crippen LogP contribution in [0.5, 0.6) is 5.75 Å². The van der Waals surface area contributed by atoms with Gasteiger partial charge in [0, 0.05) is 29.7 Å². The van der Waals surface area contributed by atoms with Crippen LogP contribution < -0.4 is 20.9 Å². The zero-order valence-corrected chi connectivity index (χ0v) is 16.9. The van der Waals surface area contributed by atoms with Crippen LogP contribution in [0.25, 0.3) is 5.65 Å². The number of amides is 2. The molecule has 0 aliphatic rings. The molecule has 2 aromatic carbocycles. The maximum atomic E-state index is 13.2. The molecule has 0 fully saturated rings. The lowest BCUT2D eigenvalue weighted by atomic mass is 10.3. The first kappa shape index (κ1) is 21.0. The summed E-state index contributed by atoms with van der Waals surface area (Å²) in [5.74, 6) is -1.07. The standard InChI is InChI=1S/C23H18F2N4O3/c1-14-6-7-29-21(8-14)26-19(12-22(29)30)13-32-20-4-2-17(3-5-20)27-23(31)28-18-10-15(24)9-16(25)11-18/h2-12H,13H2,1H3,(H2,27,28,31). The molecule has 32 heavy (non-hydrogen) atoms. The van der Waals surface area contributed by atoms with Crippen molar-refractivity contribution in [2.45, 2.75) is 13.5 Å². The normalized spacial score (nSPS) is 10.7. The summed E-state index contributed by atoms with van der Waals surface area (Å²) < 4.78 is 33.6. The van der Waals surface area contributed by atoms with Gasteiger partial charge in [0.1, 0.15) is 29.6 Å². The summed E-state index contributed by atoms with van der Waals surface area (Å²) >= 11 is 0. The lowest BCUT2D eigenvalue weighted by Gasteiger charge is -2.10. The number of ether oxygens (including phenoxy) is 1. The molecular formula is C23H18F2N4O3. The molecule has 2 heterocycles. The Kier molecular flexibility index (Phi) is 5.80. The minimum Gasteiger partial charge on any atom is -0.487 e. The zero-order valence-electron chi connectivity index (χ0n) is 16.9. The van der Waals surface area contributed by atoms with Crippen molar-refractivity contribution in [3.8, 4) is 5.75 Å². The van der Waals surface area contributed by atoms with E-state index in [1.165, 1.54) is 10.5 Å². The van der Waals surface area contributed by atoms with Crippen LogP contribution in [-0.4, -0.2) is 15.4 Å². The van der Waals surface area contributed by atoms with Crippen LogP contribution in [0.3, 0.4) is 0 Å². The van der Waals surface area contributed by atoms with Gasteiger partial charge in [0.2, 0.25) is 0 Å². The summed E-state index contributed by atoms with van der Waals surface area (Å²) in [6.45, 7) is 2.01. The van der Waals surface area contributed by atoms with Crippen LogP contribution in [0, 0.1) is 18.6 Å². The number of halogens is 2. The van der Waals surface area contributed by atoms with Gasteiger partial charge in [-0.3, -0.25) is 9.20 Å². The smallest absolute Gasteiger partial charge is 0.323 e. The van der Waals surface area contributed by atoms with E-state index in [4.69, 9.17) is 4.74 Å². The summed E-state index contributed by atoms with van der Waals surface area (Å²) in [5, 5.41) is 4.91. The molecule has 162 valence electrons. The largest absolute Gasteiger partial charge is 0.487 e. The highest BCUT2D eigenvalue weighted by Gasteiger charge is 2.07. The first-order chi connectivity index (χ1) is 15.4. The molecule has 0 aliphatic carbocycles. The Bertz CT molecular complexity index is 1330. The highest BCUT2D eigenvalue weighted by Crippen LogP contribution is 2.18. The van der Waals surface area contributed by atoms with E-state index in [9.17, 15) is 18.4 Å². The summed E-state index contributed by atoms with van der Waals surface area (Å²) in [4.78, 5) is 28.7. The number of nitrogens with zero attached hydrogens (tertiary/aromatic N) is 2. The quantitative estimate of drug-likeness (QED) is 0.482. The zero-order chi connectivity index (χ0) is 22.7. The highest BCUT2D eigenvalue weighted by atomic mass is 19.1. The number of nitrogens with one attached hydrogen (secondary N) is 2. The van der Waals surface area contributed by atoms with Crippen LogP contribution in [0.4, 0.5) is 25.0 Å². The second kappa shape index (κ2) is 8.84. The maximum absolute atomic E-state index is 13.2. The van der Waals surface area contributed by atoms with Crippen LogP contribution in [0.1, 0.15) is 11.3 Å². The fourth-order valence-electron chi connectivity index (χ4n) is 3.04. The van der Waals surface area contributed by atoms with Crippen LogP contribution in [0.15, 0.2) is 71.7 Å². The second-order valence-corrected chi connectivity index (χ2v) is 7.07. The predicted molar refractivity (Wildman–Crippen MR) is 116 cm³/mol. The van der Waals surface area contributed by atoms with E-state index in [1.807, 2.05) is 19.1 Å². The second-order valence-electron chi connectivity index (χ2n) is 7.07. The third-order valence-electron chi connectivity index (χ3n) is 4.50. The third kappa shape index (κ3) is 5.07. The van der Waals surface area contributed by atoms with Gasteiger partial charge in [0.05, 0.1) is 5.69 Å².